The van der Waals surface area contributed by atoms with Gasteiger partial charge in [-0.2, -0.15) is 0 Å². The van der Waals surface area contributed by atoms with Gasteiger partial charge >= 0.3 is 0 Å². The lowest BCUT2D eigenvalue weighted by atomic mass is 10.0. The number of benzene rings is 1. The highest BCUT2D eigenvalue weighted by atomic mass is 35.5. The summed E-state index contributed by atoms with van der Waals surface area (Å²) in [5.74, 6) is 0.975. The van der Waals surface area contributed by atoms with Crippen LogP contribution in [0.2, 0.25) is 0 Å². The molecule has 3 nitrogen and oxygen atoms in total. The van der Waals surface area contributed by atoms with Gasteiger partial charge in [-0.15, -0.1) is 31.4 Å². The summed E-state index contributed by atoms with van der Waals surface area (Å²) in [6.07, 6.45) is 2.02. The smallest absolute Gasteiger partial charge is 0.124 e. The van der Waals surface area contributed by atoms with E-state index in [1.54, 1.807) is 0 Å². The lowest BCUT2D eigenvalue weighted by Gasteiger charge is -2.34. The van der Waals surface area contributed by atoms with Crippen LogP contribution in [-0.2, 0) is 0 Å². The molecule has 1 heterocycles. The third-order valence-electron chi connectivity index (χ3n) is 3.31. The summed E-state index contributed by atoms with van der Waals surface area (Å²) in [6, 6.07) is 8.51. The monoisotopic (exact) mass is 318 g/mol. The Bertz CT molecular complexity index is 395. The van der Waals surface area contributed by atoms with Gasteiger partial charge in [0.25, 0.3) is 0 Å². The van der Waals surface area contributed by atoms with Gasteiger partial charge in [0, 0.05) is 31.7 Å². The molecule has 1 atom stereocenters. The topological polar surface area (TPSA) is 24.5 Å². The van der Waals surface area contributed by atoms with Gasteiger partial charge in [-0.25, -0.2) is 0 Å². The molecular formula is C15H24Cl2N2O. The lowest BCUT2D eigenvalue weighted by Crippen LogP contribution is -2.44. The first kappa shape index (κ1) is 19.3. The minimum absolute atomic E-state index is 0. The fourth-order valence-electron chi connectivity index (χ4n) is 2.44. The van der Waals surface area contributed by atoms with Crippen molar-refractivity contribution in [1.82, 2.24) is 10.2 Å². The highest BCUT2D eigenvalue weighted by Crippen LogP contribution is 2.30. The van der Waals surface area contributed by atoms with E-state index in [0.29, 0.717) is 6.61 Å². The largest absolute Gasteiger partial charge is 0.494 e. The molecule has 20 heavy (non-hydrogen) atoms. The van der Waals surface area contributed by atoms with Gasteiger partial charge in [0.1, 0.15) is 5.75 Å². The Hall–Kier alpha value is -0.740. The molecule has 1 aromatic rings. The number of piperazine rings is 1. The second-order valence-electron chi connectivity index (χ2n) is 4.44. The van der Waals surface area contributed by atoms with Crippen molar-refractivity contribution >= 4 is 24.8 Å². The summed E-state index contributed by atoms with van der Waals surface area (Å²) >= 11 is 0. The van der Waals surface area contributed by atoms with E-state index < -0.39 is 0 Å². The van der Waals surface area contributed by atoms with Crippen LogP contribution < -0.4 is 10.1 Å². The lowest BCUT2D eigenvalue weighted by molar-refractivity contribution is 0.199. The Labute approximate surface area is 134 Å². The standard InChI is InChI=1S/C15H22N2O.2ClH/c1-3-14(17-11-9-16-10-12-17)13-7-5-6-8-15(13)18-4-2;;/h3,5-8,14,16H,1,4,9-12H2,2H3;2*1H/t14-;;/m1../s1. The van der Waals surface area contributed by atoms with Gasteiger partial charge in [-0.1, -0.05) is 24.3 Å². The molecule has 2 rings (SSSR count). The van der Waals surface area contributed by atoms with Crippen molar-refractivity contribution in [3.63, 3.8) is 0 Å². The molecule has 0 amide bonds. The van der Waals surface area contributed by atoms with Crippen molar-refractivity contribution in [3.8, 4) is 5.75 Å². The van der Waals surface area contributed by atoms with E-state index in [9.17, 15) is 0 Å². The maximum Gasteiger partial charge on any atom is 0.124 e. The minimum atomic E-state index is 0. The highest BCUT2D eigenvalue weighted by molar-refractivity contribution is 5.85. The number of rotatable bonds is 5. The average Bonchev–Trinajstić information content (AvgIpc) is 2.43. The normalized spacial score (nSPS) is 16.4. The molecule has 0 saturated carbocycles. The Morgan fingerprint density at radius 3 is 2.55 bits per heavy atom. The number of nitrogens with zero attached hydrogens (tertiary/aromatic N) is 1. The molecule has 114 valence electrons. The zero-order valence-corrected chi connectivity index (χ0v) is 13.5. The molecule has 5 heteroatoms. The Morgan fingerprint density at radius 2 is 1.95 bits per heavy atom. The zero-order valence-electron chi connectivity index (χ0n) is 11.9. The van der Waals surface area contributed by atoms with E-state index in [-0.39, 0.29) is 30.9 Å². The Kier molecular flexibility index (Phi) is 9.68. The third kappa shape index (κ3) is 4.67. The number of halogens is 2. The molecule has 0 spiro atoms. The quantitative estimate of drug-likeness (QED) is 0.844. The molecule has 1 N–H and O–H groups in total. The fraction of sp³-hybridized carbons (Fsp3) is 0.467. The fourth-order valence-corrected chi connectivity index (χ4v) is 2.44. The number of ether oxygens (including phenoxy) is 1. The van der Waals surface area contributed by atoms with Crippen LogP contribution >= 0.6 is 24.8 Å². The van der Waals surface area contributed by atoms with Gasteiger partial charge in [-0.05, 0) is 13.0 Å². The van der Waals surface area contributed by atoms with Crippen LogP contribution in [0.4, 0.5) is 0 Å². The van der Waals surface area contributed by atoms with E-state index in [1.165, 1.54) is 5.56 Å². The van der Waals surface area contributed by atoms with Crippen LogP contribution in [0.25, 0.3) is 0 Å². The maximum atomic E-state index is 5.72. The third-order valence-corrected chi connectivity index (χ3v) is 3.31. The van der Waals surface area contributed by atoms with Crippen LogP contribution in [0.3, 0.4) is 0 Å². The van der Waals surface area contributed by atoms with E-state index in [0.717, 1.165) is 31.9 Å². The van der Waals surface area contributed by atoms with Gasteiger partial charge in [0.05, 0.1) is 12.6 Å². The molecule has 0 radical (unpaired) electrons. The number of hydrogen-bond acceptors (Lipinski definition) is 3. The maximum absolute atomic E-state index is 5.72. The SMILES string of the molecule is C=C[C@H](c1ccccc1OCC)N1CCNCC1.Cl.Cl. The van der Waals surface area contributed by atoms with Crippen LogP contribution in [0.1, 0.15) is 18.5 Å². The van der Waals surface area contributed by atoms with E-state index in [2.05, 4.69) is 28.9 Å². The molecule has 0 aliphatic carbocycles. The summed E-state index contributed by atoms with van der Waals surface area (Å²) in [7, 11) is 0. The minimum Gasteiger partial charge on any atom is -0.494 e. The van der Waals surface area contributed by atoms with E-state index >= 15 is 0 Å². The molecule has 1 aliphatic rings. The molecule has 1 saturated heterocycles. The Balaban J connectivity index is 0.00000180. The number of para-hydroxylation sites is 1. The molecule has 1 aliphatic heterocycles. The summed E-state index contributed by atoms with van der Waals surface area (Å²) in [4.78, 5) is 2.45. The molecule has 1 aromatic carbocycles. The van der Waals surface area contributed by atoms with Gasteiger partial charge in [0.15, 0.2) is 0 Å². The second kappa shape index (κ2) is 10.1. The van der Waals surface area contributed by atoms with E-state index in [4.69, 9.17) is 4.74 Å². The molecule has 0 bridgehead atoms. The summed E-state index contributed by atoms with van der Waals surface area (Å²) in [5, 5.41) is 3.38. The predicted molar refractivity (Wildman–Crippen MR) is 89.5 cm³/mol. The van der Waals surface area contributed by atoms with Crippen molar-refractivity contribution in [3.05, 3.63) is 42.5 Å². The predicted octanol–water partition coefficient (Wildman–Crippen LogP) is 3.06. The molecular weight excluding hydrogens is 295 g/mol. The first-order valence-electron chi connectivity index (χ1n) is 6.66. The molecule has 1 fully saturated rings. The van der Waals surface area contributed by atoms with Crippen molar-refractivity contribution in [2.24, 2.45) is 0 Å². The number of hydrogen-bond donors (Lipinski definition) is 1. The van der Waals surface area contributed by atoms with Gasteiger partial charge < -0.3 is 10.1 Å². The molecule has 0 unspecified atom stereocenters. The summed E-state index contributed by atoms with van der Waals surface area (Å²) in [6.45, 7) is 10.9. The first-order valence-corrected chi connectivity index (χ1v) is 6.66. The van der Waals surface area contributed by atoms with Crippen molar-refractivity contribution in [2.45, 2.75) is 13.0 Å². The summed E-state index contributed by atoms with van der Waals surface area (Å²) < 4.78 is 5.72. The summed E-state index contributed by atoms with van der Waals surface area (Å²) in [5.41, 5.74) is 1.22. The van der Waals surface area contributed by atoms with Crippen LogP contribution in [-0.4, -0.2) is 37.7 Å². The van der Waals surface area contributed by atoms with Gasteiger partial charge in [0.2, 0.25) is 0 Å². The molecule has 0 aromatic heterocycles. The van der Waals surface area contributed by atoms with Gasteiger partial charge in [-0.3, -0.25) is 4.90 Å². The zero-order chi connectivity index (χ0) is 12.8. The van der Waals surface area contributed by atoms with Crippen molar-refractivity contribution in [2.75, 3.05) is 32.8 Å². The average molecular weight is 319 g/mol. The van der Waals surface area contributed by atoms with Crippen LogP contribution in [0, 0.1) is 0 Å². The Morgan fingerprint density at radius 1 is 1.30 bits per heavy atom. The van der Waals surface area contributed by atoms with Crippen molar-refractivity contribution < 1.29 is 4.74 Å². The first-order chi connectivity index (χ1) is 8.86. The number of nitrogens with one attached hydrogen (secondary N) is 1. The highest BCUT2D eigenvalue weighted by Gasteiger charge is 2.21. The van der Waals surface area contributed by atoms with Crippen LogP contribution in [0.15, 0.2) is 36.9 Å². The van der Waals surface area contributed by atoms with E-state index in [1.807, 2.05) is 25.1 Å². The van der Waals surface area contributed by atoms with Crippen molar-refractivity contribution in [1.29, 1.82) is 0 Å². The van der Waals surface area contributed by atoms with Crippen LogP contribution in [0.5, 0.6) is 5.75 Å². The second-order valence-corrected chi connectivity index (χ2v) is 4.44.